The number of aliphatic hydroxyl groups excluding tert-OH is 1. The Labute approximate surface area is 130 Å². The van der Waals surface area contributed by atoms with Crippen LogP contribution < -0.4 is 4.90 Å². The summed E-state index contributed by atoms with van der Waals surface area (Å²) in [6, 6.07) is 4.96. The normalized spacial score (nSPS) is 17.9. The molecule has 2 rings (SSSR count). The molecule has 1 saturated heterocycles. The predicted octanol–water partition coefficient (Wildman–Crippen LogP) is 3.66. The van der Waals surface area contributed by atoms with Crippen LogP contribution in [0.15, 0.2) is 18.2 Å². The number of halogens is 1. The Hall–Kier alpha value is -1.62. The molecule has 1 aliphatic heterocycles. The number of aliphatic hydroxyl groups is 1. The van der Waals surface area contributed by atoms with Crippen molar-refractivity contribution in [1.82, 2.24) is 0 Å². The zero-order valence-corrected chi connectivity index (χ0v) is 13.1. The molecule has 1 aliphatic rings. The number of benzene rings is 1. The van der Waals surface area contributed by atoms with E-state index in [0.29, 0.717) is 24.2 Å². The van der Waals surface area contributed by atoms with Crippen LogP contribution in [0.1, 0.15) is 44.6 Å². The van der Waals surface area contributed by atoms with Gasteiger partial charge in [0, 0.05) is 6.61 Å². The summed E-state index contributed by atoms with van der Waals surface area (Å²) in [5, 5.41) is 8.72. The van der Waals surface area contributed by atoms with E-state index < -0.39 is 6.09 Å². The minimum Gasteiger partial charge on any atom is -0.444 e. The van der Waals surface area contributed by atoms with E-state index in [4.69, 9.17) is 9.84 Å². The molecule has 1 aromatic carbocycles. The van der Waals surface area contributed by atoms with Crippen LogP contribution in [0.5, 0.6) is 0 Å². The maximum absolute atomic E-state index is 14.2. The van der Waals surface area contributed by atoms with Gasteiger partial charge in [0.2, 0.25) is 0 Å². The molecular formula is C17H24FNO3. The summed E-state index contributed by atoms with van der Waals surface area (Å²) in [5.41, 5.74) is 1.23. The van der Waals surface area contributed by atoms with Crippen LogP contribution in [0.2, 0.25) is 0 Å². The van der Waals surface area contributed by atoms with E-state index in [1.165, 1.54) is 11.0 Å². The number of ether oxygens (including phenoxy) is 1. The average molecular weight is 309 g/mol. The number of unbranched alkanes of at least 4 members (excludes halogenated alkanes) is 3. The van der Waals surface area contributed by atoms with Gasteiger partial charge < -0.3 is 9.84 Å². The van der Waals surface area contributed by atoms with Gasteiger partial charge in [0.05, 0.1) is 12.2 Å². The second-order valence-corrected chi connectivity index (χ2v) is 5.69. The van der Waals surface area contributed by atoms with Crippen LogP contribution in [0.4, 0.5) is 14.9 Å². The van der Waals surface area contributed by atoms with Gasteiger partial charge in [-0.05, 0) is 43.4 Å². The molecule has 1 amide bonds. The Kier molecular flexibility index (Phi) is 6.19. The Balaban J connectivity index is 1.93. The first-order valence-electron chi connectivity index (χ1n) is 8.03. The Morgan fingerprint density at radius 2 is 2.09 bits per heavy atom. The van der Waals surface area contributed by atoms with E-state index in [1.807, 2.05) is 6.92 Å². The van der Waals surface area contributed by atoms with Crippen molar-refractivity contribution in [3.8, 4) is 0 Å². The minimum absolute atomic E-state index is 0.109. The number of carbonyl (C=O) groups is 1. The second kappa shape index (κ2) is 8.13. The first-order chi connectivity index (χ1) is 10.7. The average Bonchev–Trinajstić information content (AvgIpc) is 2.89. The number of anilines is 1. The number of aryl methyl sites for hydroxylation is 1. The van der Waals surface area contributed by atoms with Crippen molar-refractivity contribution in [2.75, 3.05) is 18.1 Å². The highest BCUT2D eigenvalue weighted by Gasteiger charge is 2.31. The van der Waals surface area contributed by atoms with Crippen molar-refractivity contribution in [3.05, 3.63) is 29.6 Å². The predicted molar refractivity (Wildman–Crippen MR) is 83.6 cm³/mol. The molecule has 5 heteroatoms. The molecule has 0 aromatic heterocycles. The summed E-state index contributed by atoms with van der Waals surface area (Å²) in [6.45, 7) is 2.66. The molecule has 1 atom stereocenters. The number of carbonyl (C=O) groups excluding carboxylic acids is 1. The summed E-state index contributed by atoms with van der Waals surface area (Å²) in [5.74, 6) is -0.271. The fourth-order valence-electron chi connectivity index (χ4n) is 2.63. The van der Waals surface area contributed by atoms with E-state index in [-0.39, 0.29) is 18.5 Å². The second-order valence-electron chi connectivity index (χ2n) is 5.69. The highest BCUT2D eigenvalue weighted by molar-refractivity contribution is 5.89. The van der Waals surface area contributed by atoms with Crippen LogP contribution in [-0.2, 0) is 11.2 Å². The fourth-order valence-corrected chi connectivity index (χ4v) is 2.63. The molecule has 1 heterocycles. The molecule has 22 heavy (non-hydrogen) atoms. The van der Waals surface area contributed by atoms with E-state index in [0.717, 1.165) is 32.1 Å². The van der Waals surface area contributed by atoms with Crippen molar-refractivity contribution in [2.45, 2.75) is 51.6 Å². The number of cyclic esters (lactones) is 1. The molecule has 122 valence electrons. The van der Waals surface area contributed by atoms with Gasteiger partial charge in [-0.3, -0.25) is 4.90 Å². The van der Waals surface area contributed by atoms with Crippen LogP contribution >= 0.6 is 0 Å². The van der Waals surface area contributed by atoms with Gasteiger partial charge in [0.1, 0.15) is 11.9 Å². The fraction of sp³-hybridized carbons (Fsp3) is 0.588. The smallest absolute Gasteiger partial charge is 0.414 e. The summed E-state index contributed by atoms with van der Waals surface area (Å²) < 4.78 is 19.4. The van der Waals surface area contributed by atoms with Crippen LogP contribution in [-0.4, -0.2) is 30.5 Å². The highest BCUT2D eigenvalue weighted by atomic mass is 19.1. The topological polar surface area (TPSA) is 49.8 Å². The Morgan fingerprint density at radius 3 is 2.73 bits per heavy atom. The number of hydrogen-bond donors (Lipinski definition) is 1. The third kappa shape index (κ3) is 4.19. The monoisotopic (exact) mass is 309 g/mol. The number of nitrogens with zero attached hydrogens (tertiary/aromatic N) is 1. The molecule has 0 aliphatic carbocycles. The molecule has 4 nitrogen and oxygen atoms in total. The SMILES string of the molecule is CC[C@H]1CN(c2ccc(CCCCCCO)c(F)c2)C(=O)O1. The quantitative estimate of drug-likeness (QED) is 0.746. The lowest BCUT2D eigenvalue weighted by molar-refractivity contribution is 0.139. The lowest BCUT2D eigenvalue weighted by Gasteiger charge is -2.14. The third-order valence-electron chi connectivity index (χ3n) is 4.03. The molecule has 1 aromatic rings. The first-order valence-corrected chi connectivity index (χ1v) is 8.03. The standard InChI is InChI=1S/C17H24FNO3/c1-2-15-12-19(17(21)22-15)14-9-8-13(16(18)11-14)7-5-3-4-6-10-20/h8-9,11,15,20H,2-7,10,12H2,1H3/t15-/m0/s1. The van der Waals surface area contributed by atoms with Crippen molar-refractivity contribution >= 4 is 11.8 Å². The van der Waals surface area contributed by atoms with Crippen LogP contribution in [0.25, 0.3) is 0 Å². The first kappa shape index (κ1) is 16.7. The van der Waals surface area contributed by atoms with Crippen molar-refractivity contribution in [1.29, 1.82) is 0 Å². The van der Waals surface area contributed by atoms with E-state index in [1.54, 1.807) is 12.1 Å². The lowest BCUT2D eigenvalue weighted by atomic mass is 10.0. The van der Waals surface area contributed by atoms with Gasteiger partial charge in [0.15, 0.2) is 0 Å². The zero-order valence-electron chi connectivity index (χ0n) is 13.1. The zero-order chi connectivity index (χ0) is 15.9. The van der Waals surface area contributed by atoms with Crippen molar-refractivity contribution in [2.24, 2.45) is 0 Å². The summed E-state index contributed by atoms with van der Waals surface area (Å²) in [6.07, 6.45) is 4.59. The van der Waals surface area contributed by atoms with Gasteiger partial charge in [-0.15, -0.1) is 0 Å². The molecular weight excluding hydrogens is 285 g/mol. The van der Waals surface area contributed by atoms with Crippen LogP contribution in [0.3, 0.4) is 0 Å². The summed E-state index contributed by atoms with van der Waals surface area (Å²) in [4.78, 5) is 13.3. The number of amides is 1. The number of rotatable bonds is 8. The molecule has 1 N–H and O–H groups in total. The summed E-state index contributed by atoms with van der Waals surface area (Å²) >= 11 is 0. The Bertz CT molecular complexity index is 507. The number of hydrogen-bond acceptors (Lipinski definition) is 3. The van der Waals surface area contributed by atoms with Gasteiger partial charge in [-0.25, -0.2) is 9.18 Å². The highest BCUT2D eigenvalue weighted by Crippen LogP contribution is 2.25. The Morgan fingerprint density at radius 1 is 1.32 bits per heavy atom. The minimum atomic E-state index is -0.400. The van der Waals surface area contributed by atoms with E-state index in [9.17, 15) is 9.18 Å². The van der Waals surface area contributed by atoms with Crippen molar-refractivity contribution in [3.63, 3.8) is 0 Å². The largest absolute Gasteiger partial charge is 0.444 e. The van der Waals surface area contributed by atoms with Gasteiger partial charge in [-0.1, -0.05) is 25.8 Å². The molecule has 0 spiro atoms. The van der Waals surface area contributed by atoms with Crippen molar-refractivity contribution < 1.29 is 19.0 Å². The van der Waals surface area contributed by atoms with Gasteiger partial charge in [0.25, 0.3) is 0 Å². The van der Waals surface area contributed by atoms with E-state index in [2.05, 4.69) is 0 Å². The maximum Gasteiger partial charge on any atom is 0.414 e. The third-order valence-corrected chi connectivity index (χ3v) is 4.03. The van der Waals surface area contributed by atoms with Crippen LogP contribution in [0, 0.1) is 5.82 Å². The summed E-state index contributed by atoms with van der Waals surface area (Å²) in [7, 11) is 0. The van der Waals surface area contributed by atoms with E-state index >= 15 is 0 Å². The molecule has 0 saturated carbocycles. The molecule has 1 fully saturated rings. The molecule has 0 radical (unpaired) electrons. The molecule has 0 bridgehead atoms. The van der Waals surface area contributed by atoms with Gasteiger partial charge >= 0.3 is 6.09 Å². The molecule has 0 unspecified atom stereocenters. The van der Waals surface area contributed by atoms with Gasteiger partial charge in [-0.2, -0.15) is 0 Å². The maximum atomic E-state index is 14.2. The lowest BCUT2D eigenvalue weighted by Crippen LogP contribution is -2.24.